The minimum absolute atomic E-state index is 0.204. The van der Waals surface area contributed by atoms with Crippen molar-refractivity contribution in [2.75, 3.05) is 33.4 Å². The zero-order chi connectivity index (χ0) is 13.7. The molecule has 1 aromatic rings. The maximum atomic E-state index is 6.26. The third-order valence-corrected chi connectivity index (χ3v) is 3.66. The van der Waals surface area contributed by atoms with Gasteiger partial charge >= 0.3 is 0 Å². The van der Waals surface area contributed by atoms with Crippen LogP contribution in [-0.2, 0) is 4.74 Å². The summed E-state index contributed by atoms with van der Waals surface area (Å²) >= 11 is 0. The molecule has 4 nitrogen and oxygen atoms in total. The van der Waals surface area contributed by atoms with Gasteiger partial charge in [0, 0.05) is 26.2 Å². The number of ether oxygens (including phenoxy) is 2. The van der Waals surface area contributed by atoms with Crippen molar-refractivity contribution < 1.29 is 9.47 Å². The highest BCUT2D eigenvalue weighted by atomic mass is 16.5. The topological polar surface area (TPSA) is 47.7 Å². The normalized spacial score (nSPS) is 23.7. The third-order valence-electron chi connectivity index (χ3n) is 3.66. The van der Waals surface area contributed by atoms with Gasteiger partial charge in [-0.3, -0.25) is 4.90 Å². The summed E-state index contributed by atoms with van der Waals surface area (Å²) in [6.45, 7) is 5.42. The number of hydrogen-bond donors (Lipinski definition) is 1. The van der Waals surface area contributed by atoms with Gasteiger partial charge < -0.3 is 15.2 Å². The van der Waals surface area contributed by atoms with E-state index in [-0.39, 0.29) is 6.04 Å². The van der Waals surface area contributed by atoms with Crippen LogP contribution in [0.2, 0.25) is 0 Å². The highest BCUT2D eigenvalue weighted by Gasteiger charge is 2.32. The van der Waals surface area contributed by atoms with E-state index in [2.05, 4.69) is 17.0 Å². The van der Waals surface area contributed by atoms with Crippen LogP contribution in [0.1, 0.15) is 24.9 Å². The minimum atomic E-state index is 0.204. The summed E-state index contributed by atoms with van der Waals surface area (Å²) in [5.41, 5.74) is 7.52. The lowest BCUT2D eigenvalue weighted by atomic mass is 10.0. The van der Waals surface area contributed by atoms with Gasteiger partial charge in [0.2, 0.25) is 0 Å². The summed E-state index contributed by atoms with van der Waals surface area (Å²) < 4.78 is 10.6. The smallest absolute Gasteiger partial charge is 0.119 e. The molecule has 1 aromatic carbocycles. The predicted molar refractivity (Wildman–Crippen MR) is 76.4 cm³/mol. The highest BCUT2D eigenvalue weighted by Crippen LogP contribution is 2.31. The van der Waals surface area contributed by atoms with Gasteiger partial charge in [-0.25, -0.2) is 0 Å². The molecule has 1 heterocycles. The standard InChI is InChI=1S/C15H24N2O2/c1-3-19-13-6-4-12(5-7-13)15-14(16)8-9-17(15)10-11-18-2/h4-7,14-15H,3,8-11,16H2,1-2H3. The Labute approximate surface area is 115 Å². The molecule has 0 aromatic heterocycles. The van der Waals surface area contributed by atoms with Gasteiger partial charge in [0.1, 0.15) is 5.75 Å². The molecule has 2 N–H and O–H groups in total. The number of nitrogens with two attached hydrogens (primary N) is 1. The molecule has 0 radical (unpaired) electrons. The van der Waals surface area contributed by atoms with E-state index in [4.69, 9.17) is 15.2 Å². The van der Waals surface area contributed by atoms with Crippen LogP contribution in [0, 0.1) is 0 Å². The SMILES string of the molecule is CCOc1ccc(C2C(N)CCN2CCOC)cc1. The van der Waals surface area contributed by atoms with Crippen LogP contribution in [0.3, 0.4) is 0 Å². The van der Waals surface area contributed by atoms with Crippen LogP contribution in [0.15, 0.2) is 24.3 Å². The van der Waals surface area contributed by atoms with Gasteiger partial charge in [0.05, 0.1) is 19.3 Å². The molecule has 2 unspecified atom stereocenters. The van der Waals surface area contributed by atoms with Crippen molar-refractivity contribution in [3.05, 3.63) is 29.8 Å². The summed E-state index contributed by atoms with van der Waals surface area (Å²) in [7, 11) is 1.74. The molecule has 1 aliphatic rings. The van der Waals surface area contributed by atoms with Crippen molar-refractivity contribution in [1.82, 2.24) is 4.90 Å². The van der Waals surface area contributed by atoms with Crippen LogP contribution < -0.4 is 10.5 Å². The summed E-state index contributed by atoms with van der Waals surface area (Å²) in [5, 5.41) is 0. The third kappa shape index (κ3) is 3.47. The van der Waals surface area contributed by atoms with Crippen LogP contribution in [0.4, 0.5) is 0 Å². The van der Waals surface area contributed by atoms with Crippen molar-refractivity contribution in [2.24, 2.45) is 5.73 Å². The molecular formula is C15H24N2O2. The lowest BCUT2D eigenvalue weighted by molar-refractivity contribution is 0.139. The maximum Gasteiger partial charge on any atom is 0.119 e. The zero-order valence-electron chi connectivity index (χ0n) is 11.8. The zero-order valence-corrected chi connectivity index (χ0v) is 11.8. The monoisotopic (exact) mass is 264 g/mol. The fraction of sp³-hybridized carbons (Fsp3) is 0.600. The first-order chi connectivity index (χ1) is 9.26. The molecule has 4 heteroatoms. The van der Waals surface area contributed by atoms with Crippen molar-refractivity contribution in [1.29, 1.82) is 0 Å². The highest BCUT2D eigenvalue weighted by molar-refractivity contribution is 5.30. The van der Waals surface area contributed by atoms with Crippen LogP contribution in [-0.4, -0.2) is 44.4 Å². The van der Waals surface area contributed by atoms with E-state index >= 15 is 0 Å². The van der Waals surface area contributed by atoms with E-state index in [0.29, 0.717) is 12.6 Å². The molecule has 106 valence electrons. The van der Waals surface area contributed by atoms with Gasteiger partial charge in [-0.2, -0.15) is 0 Å². The molecule has 0 aliphatic carbocycles. The fourth-order valence-electron chi connectivity index (χ4n) is 2.73. The second-order valence-corrected chi connectivity index (χ2v) is 4.93. The van der Waals surface area contributed by atoms with Gasteiger partial charge in [-0.05, 0) is 31.0 Å². The van der Waals surface area contributed by atoms with E-state index in [1.165, 1.54) is 5.56 Å². The number of hydrogen-bond acceptors (Lipinski definition) is 4. The largest absolute Gasteiger partial charge is 0.494 e. The molecular weight excluding hydrogens is 240 g/mol. The maximum absolute atomic E-state index is 6.26. The van der Waals surface area contributed by atoms with Gasteiger partial charge in [0.25, 0.3) is 0 Å². The molecule has 1 fully saturated rings. The first kappa shape index (κ1) is 14.3. The molecule has 19 heavy (non-hydrogen) atoms. The van der Waals surface area contributed by atoms with Gasteiger partial charge in [-0.15, -0.1) is 0 Å². The van der Waals surface area contributed by atoms with E-state index in [1.807, 2.05) is 19.1 Å². The van der Waals surface area contributed by atoms with E-state index in [0.717, 1.165) is 31.9 Å². The number of methoxy groups -OCH3 is 1. The Hall–Kier alpha value is -1.10. The average molecular weight is 264 g/mol. The molecule has 2 rings (SSSR count). The molecule has 1 aliphatic heterocycles. The molecule has 0 spiro atoms. The Kier molecular flexibility index (Phi) is 5.19. The molecule has 2 atom stereocenters. The average Bonchev–Trinajstić information content (AvgIpc) is 2.79. The summed E-state index contributed by atoms with van der Waals surface area (Å²) in [6, 6.07) is 8.80. The van der Waals surface area contributed by atoms with Crippen LogP contribution >= 0.6 is 0 Å². The van der Waals surface area contributed by atoms with Crippen LogP contribution in [0.5, 0.6) is 5.75 Å². The Morgan fingerprint density at radius 2 is 2.05 bits per heavy atom. The number of rotatable bonds is 6. The predicted octanol–water partition coefficient (Wildman–Crippen LogP) is 1.81. The Balaban J connectivity index is 2.08. The fourth-order valence-corrected chi connectivity index (χ4v) is 2.73. The summed E-state index contributed by atoms with van der Waals surface area (Å²) in [6.07, 6.45) is 1.04. The molecule has 1 saturated heterocycles. The summed E-state index contributed by atoms with van der Waals surface area (Å²) in [4.78, 5) is 2.41. The quantitative estimate of drug-likeness (QED) is 0.851. The first-order valence-corrected chi connectivity index (χ1v) is 6.97. The van der Waals surface area contributed by atoms with E-state index < -0.39 is 0 Å². The lowest BCUT2D eigenvalue weighted by Gasteiger charge is -2.27. The second kappa shape index (κ2) is 6.89. The van der Waals surface area contributed by atoms with E-state index in [9.17, 15) is 0 Å². The molecule has 0 amide bonds. The van der Waals surface area contributed by atoms with Gasteiger partial charge in [0.15, 0.2) is 0 Å². The Morgan fingerprint density at radius 3 is 2.68 bits per heavy atom. The number of nitrogens with zero attached hydrogens (tertiary/aromatic N) is 1. The van der Waals surface area contributed by atoms with Crippen molar-refractivity contribution in [3.8, 4) is 5.75 Å². The van der Waals surface area contributed by atoms with Crippen molar-refractivity contribution >= 4 is 0 Å². The first-order valence-electron chi connectivity index (χ1n) is 6.97. The minimum Gasteiger partial charge on any atom is -0.494 e. The number of likely N-dealkylation sites (tertiary alicyclic amines) is 1. The molecule has 0 bridgehead atoms. The lowest BCUT2D eigenvalue weighted by Crippen LogP contribution is -2.33. The molecule has 0 saturated carbocycles. The van der Waals surface area contributed by atoms with Gasteiger partial charge in [-0.1, -0.05) is 12.1 Å². The van der Waals surface area contributed by atoms with E-state index in [1.54, 1.807) is 7.11 Å². The van der Waals surface area contributed by atoms with Crippen molar-refractivity contribution in [3.63, 3.8) is 0 Å². The number of benzene rings is 1. The Morgan fingerprint density at radius 1 is 1.32 bits per heavy atom. The second-order valence-electron chi connectivity index (χ2n) is 4.93. The van der Waals surface area contributed by atoms with Crippen LogP contribution in [0.25, 0.3) is 0 Å². The van der Waals surface area contributed by atoms with Crippen molar-refractivity contribution in [2.45, 2.75) is 25.4 Å². The summed E-state index contributed by atoms with van der Waals surface area (Å²) in [5.74, 6) is 0.918. The Bertz CT molecular complexity index is 380.